The van der Waals surface area contributed by atoms with Crippen molar-refractivity contribution in [1.29, 1.82) is 0 Å². The molecule has 0 N–H and O–H groups in total. The predicted octanol–water partition coefficient (Wildman–Crippen LogP) is 15.3. The Labute approximate surface area is 314 Å². The third-order valence-corrected chi connectivity index (χ3v) is 11.4. The van der Waals surface area contributed by atoms with Crippen molar-refractivity contribution in [2.75, 3.05) is 0 Å². The van der Waals surface area contributed by atoms with Gasteiger partial charge in [-0.05, 0) is 127 Å². The summed E-state index contributed by atoms with van der Waals surface area (Å²) in [5.74, 6) is 0. The minimum atomic E-state index is 1.20. The molecule has 0 heteroatoms. The molecule has 0 aliphatic carbocycles. The largest absolute Gasteiger partial charge is 0.0622 e. The first-order valence-electron chi connectivity index (χ1n) is 18.8. The zero-order chi connectivity index (χ0) is 35.6. The molecule has 0 aliphatic rings. The third-order valence-electron chi connectivity index (χ3n) is 11.4. The minimum absolute atomic E-state index is 1.20. The van der Waals surface area contributed by atoms with Crippen LogP contribution in [0.5, 0.6) is 0 Å². The van der Waals surface area contributed by atoms with E-state index in [4.69, 9.17) is 0 Å². The van der Waals surface area contributed by atoms with Gasteiger partial charge in [-0.15, -0.1) is 0 Å². The van der Waals surface area contributed by atoms with E-state index in [9.17, 15) is 0 Å². The van der Waals surface area contributed by atoms with Crippen LogP contribution in [0.4, 0.5) is 0 Å². The Bertz CT molecular complexity index is 3210. The summed E-state index contributed by atoms with van der Waals surface area (Å²) in [6.45, 7) is 0. The van der Waals surface area contributed by atoms with Crippen LogP contribution >= 0.6 is 0 Å². The average molecular weight is 683 g/mol. The molecule has 0 nitrogen and oxygen atoms in total. The summed E-state index contributed by atoms with van der Waals surface area (Å²) in [5, 5.41) is 15.1. The Hall–Kier alpha value is -7.02. The Balaban J connectivity index is 1.36. The van der Waals surface area contributed by atoms with Crippen molar-refractivity contribution < 1.29 is 0 Å². The first-order chi connectivity index (χ1) is 26.8. The van der Waals surface area contributed by atoms with Gasteiger partial charge in [0.2, 0.25) is 0 Å². The van der Waals surface area contributed by atoms with Crippen LogP contribution in [0.15, 0.2) is 206 Å². The molecule has 0 heterocycles. The monoisotopic (exact) mass is 682 g/mol. The highest BCUT2D eigenvalue weighted by Gasteiger charge is 2.23. The Morgan fingerprint density at radius 1 is 0.204 bits per heavy atom. The van der Waals surface area contributed by atoms with Crippen LogP contribution in [0.25, 0.3) is 109 Å². The molecule has 0 saturated carbocycles. The molecule has 0 amide bonds. The van der Waals surface area contributed by atoms with Crippen LogP contribution in [-0.2, 0) is 0 Å². The molecule has 0 aromatic heterocycles. The summed E-state index contributed by atoms with van der Waals surface area (Å²) < 4.78 is 0. The van der Waals surface area contributed by atoms with Gasteiger partial charge >= 0.3 is 0 Å². The van der Waals surface area contributed by atoms with Crippen LogP contribution < -0.4 is 0 Å². The van der Waals surface area contributed by atoms with E-state index in [2.05, 4.69) is 206 Å². The van der Waals surface area contributed by atoms with E-state index in [1.165, 1.54) is 109 Å². The van der Waals surface area contributed by atoms with Crippen molar-refractivity contribution in [3.8, 4) is 44.5 Å². The summed E-state index contributed by atoms with van der Waals surface area (Å²) in [6, 6.07) is 76.3. The summed E-state index contributed by atoms with van der Waals surface area (Å²) >= 11 is 0. The van der Waals surface area contributed by atoms with Crippen LogP contribution in [0.1, 0.15) is 0 Å². The Kier molecular flexibility index (Phi) is 6.97. The smallest absolute Gasteiger partial charge is 0.00141 e. The quantitative estimate of drug-likeness (QED) is 0.128. The van der Waals surface area contributed by atoms with Crippen LogP contribution in [0.2, 0.25) is 0 Å². The lowest BCUT2D eigenvalue weighted by atomic mass is 9.79. The first-order valence-corrected chi connectivity index (χ1v) is 18.8. The second-order valence-electron chi connectivity index (χ2n) is 14.4. The lowest BCUT2D eigenvalue weighted by Gasteiger charge is -2.23. The Morgan fingerprint density at radius 3 is 1.43 bits per heavy atom. The fourth-order valence-corrected chi connectivity index (χ4v) is 9.06. The Morgan fingerprint density at radius 2 is 0.685 bits per heavy atom. The summed E-state index contributed by atoms with van der Waals surface area (Å²) in [5.41, 5.74) is 9.88. The van der Waals surface area contributed by atoms with E-state index in [0.29, 0.717) is 0 Å². The molecular formula is C54H34. The zero-order valence-electron chi connectivity index (χ0n) is 29.6. The predicted molar refractivity (Wildman–Crippen MR) is 233 cm³/mol. The summed E-state index contributed by atoms with van der Waals surface area (Å²) in [6.07, 6.45) is 0. The maximum Gasteiger partial charge on any atom is -0.00141 e. The van der Waals surface area contributed by atoms with Crippen LogP contribution in [-0.4, -0.2) is 0 Å². The molecule has 0 saturated heterocycles. The molecule has 11 aromatic rings. The molecule has 11 rings (SSSR count). The number of fused-ring (bicyclic) bond motifs is 9. The van der Waals surface area contributed by atoms with Gasteiger partial charge in [0.05, 0.1) is 0 Å². The van der Waals surface area contributed by atoms with Gasteiger partial charge in [0.15, 0.2) is 0 Å². The number of hydrogen-bond donors (Lipinski definition) is 0. The van der Waals surface area contributed by atoms with Crippen molar-refractivity contribution in [2.45, 2.75) is 0 Å². The SMILES string of the molecule is c1ccc(-c2c(-c3cccc4c5ccccc5c5ccccc5c34)cc3cc4ccccc4cc3c2-c2ccccc2-c2cccc3ccccc23)cc1. The van der Waals surface area contributed by atoms with Crippen molar-refractivity contribution >= 4 is 64.6 Å². The molecule has 0 fully saturated rings. The van der Waals surface area contributed by atoms with E-state index in [1.807, 2.05) is 0 Å². The van der Waals surface area contributed by atoms with E-state index < -0.39 is 0 Å². The molecule has 0 unspecified atom stereocenters. The van der Waals surface area contributed by atoms with E-state index in [-0.39, 0.29) is 0 Å². The van der Waals surface area contributed by atoms with Crippen LogP contribution in [0.3, 0.4) is 0 Å². The highest BCUT2D eigenvalue weighted by Crippen LogP contribution is 2.51. The summed E-state index contributed by atoms with van der Waals surface area (Å²) in [4.78, 5) is 0. The lowest BCUT2D eigenvalue weighted by Crippen LogP contribution is -1.96. The lowest BCUT2D eigenvalue weighted by molar-refractivity contribution is 1.59. The van der Waals surface area contributed by atoms with Gasteiger partial charge in [-0.2, -0.15) is 0 Å². The van der Waals surface area contributed by atoms with Gasteiger partial charge in [-0.25, -0.2) is 0 Å². The van der Waals surface area contributed by atoms with E-state index in [1.54, 1.807) is 0 Å². The molecule has 0 aliphatic heterocycles. The maximum absolute atomic E-state index is 2.47. The van der Waals surface area contributed by atoms with Crippen LogP contribution in [0, 0.1) is 0 Å². The van der Waals surface area contributed by atoms with Crippen molar-refractivity contribution in [2.24, 2.45) is 0 Å². The van der Waals surface area contributed by atoms with E-state index >= 15 is 0 Å². The van der Waals surface area contributed by atoms with Gasteiger partial charge < -0.3 is 0 Å². The highest BCUT2D eigenvalue weighted by molar-refractivity contribution is 6.29. The first kappa shape index (κ1) is 30.6. The maximum atomic E-state index is 2.47. The number of benzene rings is 11. The molecule has 250 valence electrons. The number of hydrogen-bond acceptors (Lipinski definition) is 0. The topological polar surface area (TPSA) is 0 Å². The highest BCUT2D eigenvalue weighted by atomic mass is 14.3. The van der Waals surface area contributed by atoms with Crippen molar-refractivity contribution in [3.63, 3.8) is 0 Å². The van der Waals surface area contributed by atoms with Crippen molar-refractivity contribution in [3.05, 3.63) is 206 Å². The fourth-order valence-electron chi connectivity index (χ4n) is 9.06. The molecule has 0 bridgehead atoms. The average Bonchev–Trinajstić information content (AvgIpc) is 3.25. The minimum Gasteiger partial charge on any atom is -0.0622 e. The third kappa shape index (κ3) is 4.71. The van der Waals surface area contributed by atoms with Gasteiger partial charge in [0, 0.05) is 0 Å². The molecule has 54 heavy (non-hydrogen) atoms. The van der Waals surface area contributed by atoms with Gasteiger partial charge in [-0.1, -0.05) is 188 Å². The van der Waals surface area contributed by atoms with E-state index in [0.717, 1.165) is 0 Å². The van der Waals surface area contributed by atoms with Gasteiger partial charge in [0.25, 0.3) is 0 Å². The normalized spacial score (nSPS) is 11.7. The fraction of sp³-hybridized carbons (Fsp3) is 0. The second kappa shape index (κ2) is 12.3. The molecular weight excluding hydrogens is 649 g/mol. The van der Waals surface area contributed by atoms with Crippen molar-refractivity contribution in [1.82, 2.24) is 0 Å². The molecule has 0 radical (unpaired) electrons. The molecule has 0 spiro atoms. The second-order valence-corrected chi connectivity index (χ2v) is 14.4. The molecule has 0 atom stereocenters. The standard InChI is InChI=1S/C54H34/c1-2-17-36(18-3-1)52-51(49-31-15-30-47-45-25-9-8-23-42(45)44-26-10-12-27-46(44)53(47)49)34-39-32-37-19-4-5-20-38(37)33-50(39)54(52)48-28-13-11-24-43(48)41-29-14-21-35-16-6-7-22-40(35)41/h1-34H. The zero-order valence-corrected chi connectivity index (χ0v) is 29.6. The van der Waals surface area contributed by atoms with Gasteiger partial charge in [-0.3, -0.25) is 0 Å². The summed E-state index contributed by atoms with van der Waals surface area (Å²) in [7, 11) is 0. The molecule has 11 aromatic carbocycles. The van der Waals surface area contributed by atoms with Gasteiger partial charge in [0.1, 0.15) is 0 Å². The number of rotatable bonds is 4.